The Morgan fingerprint density at radius 1 is 1.50 bits per heavy atom. The number of nitrogens with zero attached hydrogens (tertiary/aromatic N) is 1. The van der Waals surface area contributed by atoms with Crippen LogP contribution >= 0.6 is 0 Å². The van der Waals surface area contributed by atoms with Gasteiger partial charge in [-0.05, 0) is 45.1 Å². The lowest BCUT2D eigenvalue weighted by Crippen LogP contribution is -2.51. The zero-order valence-electron chi connectivity index (χ0n) is 11.8. The smallest absolute Gasteiger partial charge is 0.323 e. The first-order chi connectivity index (χ1) is 8.48. The number of aliphatic carboxylic acids is 1. The molecule has 4 atom stereocenters. The van der Waals surface area contributed by atoms with Crippen molar-refractivity contribution in [2.75, 3.05) is 13.1 Å². The van der Waals surface area contributed by atoms with Crippen LogP contribution in [0, 0.1) is 5.92 Å². The van der Waals surface area contributed by atoms with Gasteiger partial charge in [0.2, 0.25) is 0 Å². The van der Waals surface area contributed by atoms with Gasteiger partial charge in [-0.1, -0.05) is 13.8 Å². The van der Waals surface area contributed by atoms with E-state index in [1.54, 1.807) is 0 Å². The maximum Gasteiger partial charge on any atom is 0.323 e. The van der Waals surface area contributed by atoms with E-state index in [0.29, 0.717) is 12.1 Å². The molecule has 2 N–H and O–H groups in total. The molecule has 0 amide bonds. The highest BCUT2D eigenvalue weighted by Gasteiger charge is 2.48. The van der Waals surface area contributed by atoms with Gasteiger partial charge in [-0.15, -0.1) is 0 Å². The molecule has 0 aromatic heterocycles. The molecule has 1 aliphatic heterocycles. The Morgan fingerprint density at radius 3 is 2.72 bits per heavy atom. The zero-order chi connectivity index (χ0) is 13.3. The largest absolute Gasteiger partial charge is 0.480 e. The Kier molecular flexibility index (Phi) is 3.97. The molecule has 2 rings (SSSR count). The molecule has 0 spiro atoms. The molecule has 1 saturated carbocycles. The SMILES string of the molecule is CCNC1(C(=O)O)CCC(N2CC(C)CC2C)C1. The van der Waals surface area contributed by atoms with Crippen LogP contribution in [-0.2, 0) is 4.79 Å². The lowest BCUT2D eigenvalue weighted by molar-refractivity contribution is -0.144. The summed E-state index contributed by atoms with van der Waals surface area (Å²) in [5, 5.41) is 12.7. The average Bonchev–Trinajstić information content (AvgIpc) is 2.84. The highest BCUT2D eigenvalue weighted by molar-refractivity contribution is 5.79. The quantitative estimate of drug-likeness (QED) is 0.802. The predicted octanol–water partition coefficient (Wildman–Crippen LogP) is 1.70. The summed E-state index contributed by atoms with van der Waals surface area (Å²) in [5.74, 6) is 0.0747. The molecule has 0 radical (unpaired) electrons. The number of carboxylic acids is 1. The van der Waals surface area contributed by atoms with E-state index in [0.717, 1.165) is 38.3 Å². The summed E-state index contributed by atoms with van der Waals surface area (Å²) in [6, 6.07) is 1.05. The van der Waals surface area contributed by atoms with Crippen LogP contribution in [0.15, 0.2) is 0 Å². The van der Waals surface area contributed by atoms with Gasteiger partial charge in [-0.3, -0.25) is 9.69 Å². The minimum absolute atomic E-state index is 0.445. The molecular formula is C14H26N2O2. The van der Waals surface area contributed by atoms with Gasteiger partial charge >= 0.3 is 5.97 Å². The first-order valence-electron chi connectivity index (χ1n) is 7.22. The van der Waals surface area contributed by atoms with Crippen LogP contribution in [0.2, 0.25) is 0 Å². The highest BCUT2D eigenvalue weighted by atomic mass is 16.4. The fourth-order valence-corrected chi connectivity index (χ4v) is 3.91. The van der Waals surface area contributed by atoms with Crippen molar-refractivity contribution in [3.8, 4) is 0 Å². The molecule has 1 aliphatic carbocycles. The zero-order valence-corrected chi connectivity index (χ0v) is 11.8. The number of hydrogen-bond acceptors (Lipinski definition) is 3. The summed E-state index contributed by atoms with van der Waals surface area (Å²) < 4.78 is 0. The van der Waals surface area contributed by atoms with Crippen molar-refractivity contribution in [1.82, 2.24) is 10.2 Å². The summed E-state index contributed by atoms with van der Waals surface area (Å²) in [6.45, 7) is 8.41. The van der Waals surface area contributed by atoms with E-state index in [1.165, 1.54) is 6.42 Å². The number of carbonyl (C=O) groups is 1. The van der Waals surface area contributed by atoms with Gasteiger partial charge in [0.15, 0.2) is 0 Å². The first-order valence-corrected chi connectivity index (χ1v) is 7.22. The van der Waals surface area contributed by atoms with Gasteiger partial charge in [-0.25, -0.2) is 0 Å². The van der Waals surface area contributed by atoms with Crippen LogP contribution in [0.1, 0.15) is 46.5 Å². The molecule has 4 nitrogen and oxygen atoms in total. The van der Waals surface area contributed by atoms with E-state index in [2.05, 4.69) is 24.1 Å². The topological polar surface area (TPSA) is 52.6 Å². The molecular weight excluding hydrogens is 228 g/mol. The monoisotopic (exact) mass is 254 g/mol. The Hall–Kier alpha value is -0.610. The predicted molar refractivity (Wildman–Crippen MR) is 71.6 cm³/mol. The second kappa shape index (κ2) is 5.17. The molecule has 0 aromatic carbocycles. The van der Waals surface area contributed by atoms with E-state index in [-0.39, 0.29) is 0 Å². The lowest BCUT2D eigenvalue weighted by atomic mass is 9.97. The molecule has 0 bridgehead atoms. The van der Waals surface area contributed by atoms with Crippen molar-refractivity contribution in [3.05, 3.63) is 0 Å². The Morgan fingerprint density at radius 2 is 2.22 bits per heavy atom. The summed E-state index contributed by atoms with van der Waals surface area (Å²) in [6.07, 6.45) is 3.78. The molecule has 1 saturated heterocycles. The normalized spacial score (nSPS) is 41.4. The van der Waals surface area contributed by atoms with E-state index < -0.39 is 11.5 Å². The lowest BCUT2D eigenvalue weighted by Gasteiger charge is -2.31. The van der Waals surface area contributed by atoms with Gasteiger partial charge in [0.1, 0.15) is 5.54 Å². The number of likely N-dealkylation sites (tertiary alicyclic amines) is 1. The van der Waals surface area contributed by atoms with Gasteiger partial charge in [-0.2, -0.15) is 0 Å². The van der Waals surface area contributed by atoms with Crippen molar-refractivity contribution in [3.63, 3.8) is 0 Å². The number of nitrogens with one attached hydrogen (secondary N) is 1. The number of likely N-dealkylation sites (N-methyl/N-ethyl adjacent to an activating group) is 1. The average molecular weight is 254 g/mol. The van der Waals surface area contributed by atoms with Gasteiger partial charge in [0.25, 0.3) is 0 Å². The minimum atomic E-state index is -0.676. The van der Waals surface area contributed by atoms with Crippen molar-refractivity contribution >= 4 is 5.97 Å². The number of rotatable bonds is 4. The molecule has 2 fully saturated rings. The van der Waals surface area contributed by atoms with Crippen molar-refractivity contribution in [2.24, 2.45) is 5.92 Å². The molecule has 1 heterocycles. The maximum absolute atomic E-state index is 11.5. The van der Waals surface area contributed by atoms with Crippen molar-refractivity contribution in [1.29, 1.82) is 0 Å². The van der Waals surface area contributed by atoms with Gasteiger partial charge < -0.3 is 10.4 Å². The summed E-state index contributed by atoms with van der Waals surface area (Å²) >= 11 is 0. The van der Waals surface area contributed by atoms with Crippen LogP contribution in [0.5, 0.6) is 0 Å². The van der Waals surface area contributed by atoms with Gasteiger partial charge in [0.05, 0.1) is 0 Å². The molecule has 0 aromatic rings. The number of carboxylic acid groups (broad SMARTS) is 1. The first kappa shape index (κ1) is 13.8. The third-order valence-corrected chi connectivity index (χ3v) is 4.71. The Bertz CT molecular complexity index is 321. The van der Waals surface area contributed by atoms with Crippen LogP contribution in [0.3, 0.4) is 0 Å². The van der Waals surface area contributed by atoms with Gasteiger partial charge in [0, 0.05) is 18.6 Å². The van der Waals surface area contributed by atoms with Crippen molar-refractivity contribution in [2.45, 2.75) is 64.1 Å². The molecule has 4 unspecified atom stereocenters. The molecule has 2 aliphatic rings. The van der Waals surface area contributed by atoms with E-state index in [4.69, 9.17) is 0 Å². The second-order valence-corrected chi connectivity index (χ2v) is 6.20. The van der Waals surface area contributed by atoms with E-state index in [1.807, 2.05) is 6.92 Å². The van der Waals surface area contributed by atoms with Crippen LogP contribution in [-0.4, -0.2) is 46.7 Å². The Labute approximate surface area is 110 Å². The fraction of sp³-hybridized carbons (Fsp3) is 0.929. The van der Waals surface area contributed by atoms with Crippen molar-refractivity contribution < 1.29 is 9.90 Å². The van der Waals surface area contributed by atoms with Crippen LogP contribution < -0.4 is 5.32 Å². The third-order valence-electron chi connectivity index (χ3n) is 4.71. The second-order valence-electron chi connectivity index (χ2n) is 6.20. The summed E-state index contributed by atoms with van der Waals surface area (Å²) in [4.78, 5) is 14.1. The highest BCUT2D eigenvalue weighted by Crippen LogP contribution is 2.37. The molecule has 18 heavy (non-hydrogen) atoms. The van der Waals surface area contributed by atoms with Crippen LogP contribution in [0.25, 0.3) is 0 Å². The standard InChI is InChI=1S/C14H26N2O2/c1-4-15-14(13(17)18)6-5-12(8-14)16-9-10(2)7-11(16)3/h10-12,15H,4-9H2,1-3H3,(H,17,18). The van der Waals surface area contributed by atoms with E-state index in [9.17, 15) is 9.90 Å². The molecule has 4 heteroatoms. The minimum Gasteiger partial charge on any atom is -0.480 e. The van der Waals surface area contributed by atoms with E-state index >= 15 is 0 Å². The summed E-state index contributed by atoms with van der Waals surface area (Å²) in [7, 11) is 0. The van der Waals surface area contributed by atoms with Crippen LogP contribution in [0.4, 0.5) is 0 Å². The third kappa shape index (κ3) is 2.41. The molecule has 104 valence electrons. The number of hydrogen-bond donors (Lipinski definition) is 2. The summed E-state index contributed by atoms with van der Waals surface area (Å²) in [5.41, 5.74) is -0.676. The maximum atomic E-state index is 11.5. The Balaban J connectivity index is 2.04. The fourth-order valence-electron chi connectivity index (χ4n) is 3.91.